The number of aliphatic hydroxyl groups excluding tert-OH is 1. The zero-order valence-electron chi connectivity index (χ0n) is 14.5. The third kappa shape index (κ3) is 7.85. The van der Waals surface area contributed by atoms with E-state index >= 15 is 0 Å². The van der Waals surface area contributed by atoms with Crippen LogP contribution in [-0.2, 0) is 22.6 Å². The standard InChI is InChI=1S/C17H26FN3O3.HI/c1-19-17(20-6-2-7-24-15-5-8-23-12-15)21-10-13-3-4-16(18)14(9-13)11-22;/h3-4,9,15,22H,2,5-8,10-12H2,1H3,(H2,19,20,21);1H. The Morgan fingerprint density at radius 1 is 1.44 bits per heavy atom. The summed E-state index contributed by atoms with van der Waals surface area (Å²) in [6.07, 6.45) is 2.09. The Morgan fingerprint density at radius 2 is 2.28 bits per heavy atom. The van der Waals surface area contributed by atoms with Crippen LogP contribution in [0.3, 0.4) is 0 Å². The highest BCUT2D eigenvalue weighted by molar-refractivity contribution is 14.0. The molecule has 0 saturated carbocycles. The minimum absolute atomic E-state index is 0. The van der Waals surface area contributed by atoms with Crippen LogP contribution in [0.2, 0.25) is 0 Å². The van der Waals surface area contributed by atoms with Gasteiger partial charge in [-0.25, -0.2) is 4.39 Å². The van der Waals surface area contributed by atoms with E-state index in [0.29, 0.717) is 31.3 Å². The van der Waals surface area contributed by atoms with Crippen LogP contribution in [0.25, 0.3) is 0 Å². The molecular weight excluding hydrogens is 440 g/mol. The predicted molar refractivity (Wildman–Crippen MR) is 106 cm³/mol. The van der Waals surface area contributed by atoms with Crippen molar-refractivity contribution in [1.82, 2.24) is 10.6 Å². The lowest BCUT2D eigenvalue weighted by Gasteiger charge is -2.13. The molecule has 1 fully saturated rings. The molecule has 0 radical (unpaired) electrons. The average molecular weight is 467 g/mol. The number of halogens is 2. The molecule has 6 nitrogen and oxygen atoms in total. The van der Waals surface area contributed by atoms with Crippen LogP contribution < -0.4 is 10.6 Å². The first kappa shape index (κ1) is 22.1. The molecule has 142 valence electrons. The van der Waals surface area contributed by atoms with Crippen molar-refractivity contribution in [2.75, 3.05) is 33.4 Å². The van der Waals surface area contributed by atoms with Gasteiger partial charge >= 0.3 is 0 Å². The van der Waals surface area contributed by atoms with Crippen LogP contribution in [0.1, 0.15) is 24.0 Å². The fourth-order valence-corrected chi connectivity index (χ4v) is 2.44. The van der Waals surface area contributed by atoms with Gasteiger partial charge in [0.15, 0.2) is 5.96 Å². The maximum atomic E-state index is 13.3. The number of nitrogens with one attached hydrogen (secondary N) is 2. The molecule has 2 rings (SSSR count). The van der Waals surface area contributed by atoms with E-state index < -0.39 is 5.82 Å². The van der Waals surface area contributed by atoms with Crippen molar-refractivity contribution in [2.45, 2.75) is 32.1 Å². The SMILES string of the molecule is CN=C(NCCCOC1CCOC1)NCc1ccc(F)c(CO)c1.I. The highest BCUT2D eigenvalue weighted by atomic mass is 127. The maximum Gasteiger partial charge on any atom is 0.191 e. The summed E-state index contributed by atoms with van der Waals surface area (Å²) in [5, 5.41) is 15.5. The van der Waals surface area contributed by atoms with Gasteiger partial charge in [-0.15, -0.1) is 24.0 Å². The van der Waals surface area contributed by atoms with E-state index in [2.05, 4.69) is 15.6 Å². The molecule has 1 saturated heterocycles. The van der Waals surface area contributed by atoms with Crippen LogP contribution in [0.5, 0.6) is 0 Å². The summed E-state index contributed by atoms with van der Waals surface area (Å²) in [4.78, 5) is 4.15. The van der Waals surface area contributed by atoms with Gasteiger partial charge in [-0.2, -0.15) is 0 Å². The zero-order valence-corrected chi connectivity index (χ0v) is 16.8. The molecule has 8 heteroatoms. The van der Waals surface area contributed by atoms with Gasteiger partial charge in [0.25, 0.3) is 0 Å². The minimum atomic E-state index is -0.392. The molecule has 25 heavy (non-hydrogen) atoms. The largest absolute Gasteiger partial charge is 0.392 e. The second-order valence-corrected chi connectivity index (χ2v) is 5.65. The number of hydrogen-bond acceptors (Lipinski definition) is 4. The van der Waals surface area contributed by atoms with Crippen molar-refractivity contribution in [3.05, 3.63) is 35.1 Å². The van der Waals surface area contributed by atoms with E-state index in [1.807, 2.05) is 0 Å². The quantitative estimate of drug-likeness (QED) is 0.235. The van der Waals surface area contributed by atoms with Crippen molar-refractivity contribution in [2.24, 2.45) is 4.99 Å². The van der Waals surface area contributed by atoms with Crippen LogP contribution >= 0.6 is 24.0 Å². The van der Waals surface area contributed by atoms with E-state index in [-0.39, 0.29) is 36.7 Å². The highest BCUT2D eigenvalue weighted by Crippen LogP contribution is 2.10. The summed E-state index contributed by atoms with van der Waals surface area (Å²) in [6.45, 7) is 3.13. The molecule has 1 aliphatic rings. The molecule has 0 bridgehead atoms. The van der Waals surface area contributed by atoms with Crippen molar-refractivity contribution in [3.63, 3.8) is 0 Å². The van der Waals surface area contributed by atoms with E-state index in [1.54, 1.807) is 19.2 Å². The third-order valence-electron chi connectivity index (χ3n) is 3.82. The second kappa shape index (κ2) is 12.4. The van der Waals surface area contributed by atoms with Gasteiger partial charge in [-0.3, -0.25) is 4.99 Å². The Balaban J connectivity index is 0.00000312. The molecule has 0 aromatic heterocycles. The number of benzene rings is 1. The summed E-state index contributed by atoms with van der Waals surface area (Å²) in [5.41, 5.74) is 1.18. The third-order valence-corrected chi connectivity index (χ3v) is 3.82. The Bertz CT molecular complexity index is 540. The molecule has 1 aromatic rings. The van der Waals surface area contributed by atoms with Gasteiger partial charge < -0.3 is 25.2 Å². The lowest BCUT2D eigenvalue weighted by molar-refractivity contribution is 0.0420. The number of aliphatic hydroxyl groups is 1. The van der Waals surface area contributed by atoms with Crippen LogP contribution in [0.4, 0.5) is 4.39 Å². The minimum Gasteiger partial charge on any atom is -0.392 e. The number of ether oxygens (including phenoxy) is 2. The van der Waals surface area contributed by atoms with Crippen molar-refractivity contribution >= 4 is 29.9 Å². The number of guanidine groups is 1. The Hall–Kier alpha value is -0.970. The Kier molecular flexibility index (Phi) is 10.9. The first-order chi connectivity index (χ1) is 11.7. The van der Waals surface area contributed by atoms with Crippen LogP contribution in [-0.4, -0.2) is 50.6 Å². The summed E-state index contributed by atoms with van der Waals surface area (Å²) in [7, 11) is 1.70. The molecule has 0 aliphatic carbocycles. The number of nitrogens with zero attached hydrogens (tertiary/aromatic N) is 1. The normalized spacial score (nSPS) is 17.2. The van der Waals surface area contributed by atoms with Crippen LogP contribution in [0, 0.1) is 5.82 Å². The first-order valence-electron chi connectivity index (χ1n) is 8.25. The Morgan fingerprint density at radius 3 is 2.96 bits per heavy atom. The summed E-state index contributed by atoms with van der Waals surface area (Å²) < 4.78 is 24.3. The highest BCUT2D eigenvalue weighted by Gasteiger charge is 2.15. The summed E-state index contributed by atoms with van der Waals surface area (Å²) in [6, 6.07) is 4.70. The van der Waals surface area contributed by atoms with E-state index in [9.17, 15) is 4.39 Å². The maximum absolute atomic E-state index is 13.3. The van der Waals surface area contributed by atoms with E-state index in [4.69, 9.17) is 14.6 Å². The van der Waals surface area contributed by atoms with Crippen molar-refractivity contribution in [3.8, 4) is 0 Å². The summed E-state index contributed by atoms with van der Waals surface area (Å²) in [5.74, 6) is 0.283. The molecule has 1 atom stereocenters. The number of aliphatic imine (C=N–C) groups is 1. The summed E-state index contributed by atoms with van der Waals surface area (Å²) >= 11 is 0. The average Bonchev–Trinajstić information content (AvgIpc) is 3.12. The molecule has 0 amide bonds. The van der Waals surface area contributed by atoms with Gasteiger partial charge in [-0.05, 0) is 30.5 Å². The molecule has 0 spiro atoms. The van der Waals surface area contributed by atoms with Gasteiger partial charge in [0.1, 0.15) is 5.82 Å². The van der Waals surface area contributed by atoms with Crippen LogP contribution in [0.15, 0.2) is 23.2 Å². The smallest absolute Gasteiger partial charge is 0.191 e. The predicted octanol–water partition coefficient (Wildman–Crippen LogP) is 1.80. The number of hydrogen-bond donors (Lipinski definition) is 3. The lowest BCUT2D eigenvalue weighted by atomic mass is 10.1. The molecule has 3 N–H and O–H groups in total. The first-order valence-corrected chi connectivity index (χ1v) is 8.25. The zero-order chi connectivity index (χ0) is 17.2. The van der Waals surface area contributed by atoms with E-state index in [0.717, 1.165) is 31.6 Å². The van der Waals surface area contributed by atoms with Crippen molar-refractivity contribution in [1.29, 1.82) is 0 Å². The molecule has 1 aliphatic heterocycles. The molecular formula is C17H27FIN3O3. The lowest BCUT2D eigenvalue weighted by Crippen LogP contribution is -2.37. The number of rotatable bonds is 8. The van der Waals surface area contributed by atoms with Gasteiger partial charge in [0, 0.05) is 38.9 Å². The molecule has 1 heterocycles. The molecule has 1 unspecified atom stereocenters. The fraction of sp³-hybridized carbons (Fsp3) is 0.588. The van der Waals surface area contributed by atoms with Gasteiger partial charge in [-0.1, -0.05) is 6.07 Å². The van der Waals surface area contributed by atoms with Gasteiger partial charge in [0.2, 0.25) is 0 Å². The van der Waals surface area contributed by atoms with Gasteiger partial charge in [0.05, 0.1) is 19.3 Å². The monoisotopic (exact) mass is 467 g/mol. The molecule has 1 aromatic carbocycles. The van der Waals surface area contributed by atoms with Crippen molar-refractivity contribution < 1.29 is 19.0 Å². The Labute approximate surface area is 165 Å². The topological polar surface area (TPSA) is 75.1 Å². The fourth-order valence-electron chi connectivity index (χ4n) is 2.44. The second-order valence-electron chi connectivity index (χ2n) is 5.65. The van der Waals surface area contributed by atoms with E-state index in [1.165, 1.54) is 6.07 Å².